The van der Waals surface area contributed by atoms with Crippen LogP contribution in [0.25, 0.3) is 104 Å². The highest BCUT2D eigenvalue weighted by molar-refractivity contribution is 6.30. The summed E-state index contributed by atoms with van der Waals surface area (Å²) in [4.78, 5) is 4.79. The highest BCUT2D eigenvalue weighted by Gasteiger charge is 2.22. The van der Waals surface area contributed by atoms with Gasteiger partial charge in [-0.05, 0) is 119 Å². The van der Waals surface area contributed by atoms with Gasteiger partial charge in [-0.2, -0.15) is 0 Å². The van der Waals surface area contributed by atoms with Gasteiger partial charge in [-0.25, -0.2) is 0 Å². The molecule has 0 saturated heterocycles. The molecule has 0 aliphatic carbocycles. The summed E-state index contributed by atoms with van der Waals surface area (Å²) >= 11 is 0. The van der Waals surface area contributed by atoms with Crippen LogP contribution in [0.15, 0.2) is 188 Å². The average molecular weight is 687 g/mol. The molecule has 0 N–H and O–H groups in total. The second-order valence-electron chi connectivity index (χ2n) is 14.3. The Morgan fingerprint density at radius 1 is 0.352 bits per heavy atom. The molecule has 0 aliphatic rings. The van der Waals surface area contributed by atoms with Gasteiger partial charge in [0.25, 0.3) is 0 Å². The van der Waals surface area contributed by atoms with Crippen LogP contribution >= 0.6 is 0 Å². The Morgan fingerprint density at radius 3 is 1.30 bits per heavy atom. The van der Waals surface area contributed by atoms with Crippen molar-refractivity contribution in [2.75, 3.05) is 0 Å². The van der Waals surface area contributed by atoms with Gasteiger partial charge in [0, 0.05) is 17.3 Å². The lowest BCUT2D eigenvalue weighted by molar-refractivity contribution is 1.17. The largest absolute Gasteiger partial charge is 0.308 e. The van der Waals surface area contributed by atoms with Gasteiger partial charge < -0.3 is 4.57 Å². The van der Waals surface area contributed by atoms with Gasteiger partial charge in [-0.15, -0.1) is 0 Å². The molecule has 2 nitrogen and oxygen atoms in total. The van der Waals surface area contributed by atoms with Crippen LogP contribution in [0.5, 0.6) is 0 Å². The first-order chi connectivity index (χ1) is 26.7. The number of aryl methyl sites for hydroxylation is 1. The summed E-state index contributed by atoms with van der Waals surface area (Å²) in [5, 5.41) is 11.2. The van der Waals surface area contributed by atoms with Crippen LogP contribution < -0.4 is 0 Å². The van der Waals surface area contributed by atoms with Gasteiger partial charge in [-0.1, -0.05) is 152 Å². The van der Waals surface area contributed by atoms with Crippen molar-refractivity contribution in [1.82, 2.24) is 9.55 Å². The van der Waals surface area contributed by atoms with Gasteiger partial charge in [0.15, 0.2) is 0 Å². The second kappa shape index (κ2) is 12.0. The van der Waals surface area contributed by atoms with Crippen LogP contribution in [0, 0.1) is 6.92 Å². The number of rotatable bonds is 4. The number of hydrogen-bond acceptors (Lipinski definition) is 1. The first-order valence-corrected chi connectivity index (χ1v) is 18.6. The zero-order valence-corrected chi connectivity index (χ0v) is 29.8. The molecule has 0 amide bonds. The summed E-state index contributed by atoms with van der Waals surface area (Å²) in [5.74, 6) is 0. The van der Waals surface area contributed by atoms with E-state index in [0.29, 0.717) is 0 Å². The van der Waals surface area contributed by atoms with Crippen LogP contribution in [-0.4, -0.2) is 9.55 Å². The number of benzene rings is 9. The highest BCUT2D eigenvalue weighted by atomic mass is 15.0. The van der Waals surface area contributed by atoms with Crippen molar-refractivity contribution in [2.45, 2.75) is 6.92 Å². The zero-order valence-electron chi connectivity index (χ0n) is 29.8. The molecule has 0 radical (unpaired) electrons. The molecule has 54 heavy (non-hydrogen) atoms. The Balaban J connectivity index is 1.19. The standard InChI is InChI=1S/C52H34N2/c1-33-25-30-45-47(32-33)54(46-24-13-31-53-52(45)46)36-28-26-35(27-29-36)49-39-18-7-11-22-43(39)51(44-23-12-8-19-40(44)49)50-41-20-9-5-16-37(41)48(34-14-3-2-4-15-34)38-17-6-10-21-42(38)50/h2-32H,1H3. The fourth-order valence-electron chi connectivity index (χ4n) is 9.02. The predicted molar refractivity (Wildman–Crippen MR) is 230 cm³/mol. The van der Waals surface area contributed by atoms with E-state index in [9.17, 15) is 0 Å². The van der Waals surface area contributed by atoms with Crippen LogP contribution in [0.1, 0.15) is 5.56 Å². The lowest BCUT2D eigenvalue weighted by Crippen LogP contribution is -1.96. The van der Waals surface area contributed by atoms with E-state index in [1.807, 2.05) is 12.3 Å². The van der Waals surface area contributed by atoms with E-state index in [1.165, 1.54) is 92.9 Å². The van der Waals surface area contributed by atoms with E-state index in [4.69, 9.17) is 4.98 Å². The fraction of sp³-hybridized carbons (Fsp3) is 0.0192. The topological polar surface area (TPSA) is 17.8 Å². The van der Waals surface area contributed by atoms with E-state index in [2.05, 4.69) is 187 Å². The van der Waals surface area contributed by atoms with Gasteiger partial charge in [-0.3, -0.25) is 4.98 Å². The molecule has 11 rings (SSSR count). The molecule has 2 aromatic heterocycles. The zero-order chi connectivity index (χ0) is 35.8. The molecule has 0 fully saturated rings. The monoisotopic (exact) mass is 686 g/mol. The number of pyridine rings is 1. The van der Waals surface area contributed by atoms with Gasteiger partial charge in [0.1, 0.15) is 0 Å². The SMILES string of the molecule is Cc1ccc2c3ncccc3n(-c3ccc(-c4c5ccccc5c(-c5c6ccccc6c(-c6ccccc6)c6ccccc56)c5ccccc45)cc3)c2c1. The van der Waals surface area contributed by atoms with Crippen LogP contribution in [0.4, 0.5) is 0 Å². The minimum atomic E-state index is 1.03. The molecule has 0 atom stereocenters. The quantitative estimate of drug-likeness (QED) is 0.169. The average Bonchev–Trinajstić information content (AvgIpc) is 3.56. The van der Waals surface area contributed by atoms with Crippen molar-refractivity contribution < 1.29 is 0 Å². The van der Waals surface area contributed by atoms with E-state index in [0.717, 1.165) is 16.7 Å². The van der Waals surface area contributed by atoms with E-state index >= 15 is 0 Å². The highest BCUT2D eigenvalue weighted by Crippen LogP contribution is 2.50. The second-order valence-corrected chi connectivity index (χ2v) is 14.3. The minimum Gasteiger partial charge on any atom is -0.308 e. The Labute approximate surface area is 313 Å². The number of aromatic nitrogens is 2. The Bertz CT molecular complexity index is 3150. The van der Waals surface area contributed by atoms with Crippen molar-refractivity contribution in [3.8, 4) is 39.1 Å². The van der Waals surface area contributed by atoms with E-state index in [1.54, 1.807) is 0 Å². The molecule has 252 valence electrons. The molecule has 0 unspecified atom stereocenters. The summed E-state index contributed by atoms with van der Waals surface area (Å²) in [5.41, 5.74) is 13.2. The lowest BCUT2D eigenvalue weighted by Gasteiger charge is -2.22. The van der Waals surface area contributed by atoms with Crippen LogP contribution in [-0.2, 0) is 0 Å². The van der Waals surface area contributed by atoms with Crippen molar-refractivity contribution in [2.24, 2.45) is 0 Å². The molecular weight excluding hydrogens is 653 g/mol. The first-order valence-electron chi connectivity index (χ1n) is 18.6. The molecule has 0 saturated carbocycles. The van der Waals surface area contributed by atoms with Gasteiger partial charge in [0.05, 0.1) is 16.6 Å². The third-order valence-corrected chi connectivity index (χ3v) is 11.3. The molecule has 0 aliphatic heterocycles. The van der Waals surface area contributed by atoms with Crippen LogP contribution in [0.3, 0.4) is 0 Å². The molecule has 11 aromatic rings. The fourth-order valence-corrected chi connectivity index (χ4v) is 9.02. The third-order valence-electron chi connectivity index (χ3n) is 11.3. The number of fused-ring (bicyclic) bond motifs is 7. The third kappa shape index (κ3) is 4.50. The molecule has 0 spiro atoms. The van der Waals surface area contributed by atoms with Crippen LogP contribution in [0.2, 0.25) is 0 Å². The summed E-state index contributed by atoms with van der Waals surface area (Å²) in [7, 11) is 0. The van der Waals surface area contributed by atoms with Crippen molar-refractivity contribution >= 4 is 65.0 Å². The summed E-state index contributed by atoms with van der Waals surface area (Å²) in [6.45, 7) is 2.15. The molecule has 0 bridgehead atoms. The van der Waals surface area contributed by atoms with Crippen molar-refractivity contribution in [3.63, 3.8) is 0 Å². The number of nitrogens with zero attached hydrogens (tertiary/aromatic N) is 2. The maximum atomic E-state index is 4.79. The van der Waals surface area contributed by atoms with E-state index < -0.39 is 0 Å². The maximum absolute atomic E-state index is 4.79. The summed E-state index contributed by atoms with van der Waals surface area (Å²) in [6, 6.07) is 66.7. The molecular formula is C52H34N2. The Kier molecular flexibility index (Phi) is 6.80. The summed E-state index contributed by atoms with van der Waals surface area (Å²) < 4.78 is 2.35. The molecule has 2 heterocycles. The van der Waals surface area contributed by atoms with Crippen molar-refractivity contribution in [3.05, 3.63) is 194 Å². The Morgan fingerprint density at radius 2 is 0.796 bits per heavy atom. The first kappa shape index (κ1) is 30.6. The van der Waals surface area contributed by atoms with Gasteiger partial charge in [0.2, 0.25) is 0 Å². The maximum Gasteiger partial charge on any atom is 0.0963 e. The Hall–Kier alpha value is -7.03. The molecule has 2 heteroatoms. The predicted octanol–water partition coefficient (Wildman–Crippen LogP) is 14.1. The lowest BCUT2D eigenvalue weighted by atomic mass is 9.81. The van der Waals surface area contributed by atoms with Crippen molar-refractivity contribution in [1.29, 1.82) is 0 Å². The molecule has 9 aromatic carbocycles. The van der Waals surface area contributed by atoms with E-state index in [-0.39, 0.29) is 0 Å². The van der Waals surface area contributed by atoms with Gasteiger partial charge >= 0.3 is 0 Å². The summed E-state index contributed by atoms with van der Waals surface area (Å²) in [6.07, 6.45) is 1.89. The minimum absolute atomic E-state index is 1.03. The smallest absolute Gasteiger partial charge is 0.0963 e. The normalized spacial score (nSPS) is 11.8. The number of hydrogen-bond donors (Lipinski definition) is 0.